The van der Waals surface area contributed by atoms with Crippen molar-refractivity contribution in [3.8, 4) is 11.6 Å². The van der Waals surface area contributed by atoms with Gasteiger partial charge in [0.15, 0.2) is 11.6 Å². The third-order valence-electron chi connectivity index (χ3n) is 2.52. The Morgan fingerprint density at radius 1 is 1.32 bits per heavy atom. The van der Waals surface area contributed by atoms with Crippen LogP contribution in [0.25, 0.3) is 11.6 Å². The summed E-state index contributed by atoms with van der Waals surface area (Å²) in [5.74, 6) is 0.834. The Morgan fingerprint density at radius 3 is 2.74 bits per heavy atom. The van der Waals surface area contributed by atoms with Gasteiger partial charge in [-0.05, 0) is 25.5 Å². The number of H-pyrrole nitrogens is 1. The number of aromatic nitrogens is 4. The average Bonchev–Trinajstić information content (AvgIpc) is 2.39. The Labute approximate surface area is 111 Å². The van der Waals surface area contributed by atoms with Crippen molar-refractivity contribution in [3.05, 3.63) is 40.1 Å². The third-order valence-corrected chi connectivity index (χ3v) is 2.52. The largest absolute Gasteiger partial charge is 0.311 e. The predicted octanol–water partition coefficient (Wildman–Crippen LogP) is 1.03. The highest BCUT2D eigenvalue weighted by Gasteiger charge is 2.06. The first-order chi connectivity index (χ1) is 9.19. The fourth-order valence-corrected chi connectivity index (χ4v) is 1.61. The van der Waals surface area contributed by atoms with Gasteiger partial charge in [0.25, 0.3) is 5.56 Å². The highest BCUT2D eigenvalue weighted by molar-refractivity contribution is 5.42. The molecule has 0 aromatic carbocycles. The number of aryl methyl sites for hydroxylation is 1. The van der Waals surface area contributed by atoms with E-state index in [0.717, 1.165) is 18.5 Å². The molecule has 0 unspecified atom stereocenters. The first-order valence-corrected chi connectivity index (χ1v) is 6.29. The summed E-state index contributed by atoms with van der Waals surface area (Å²) >= 11 is 0. The molecule has 2 aromatic heterocycles. The standard InChI is InChI=1S/C13H17N5O/c1-3-4-14-8-10-5-11(19)18-13(17-10)12-15-6-9(2)7-16-12/h5-7,14H,3-4,8H2,1-2H3,(H,17,18,19). The third kappa shape index (κ3) is 3.69. The summed E-state index contributed by atoms with van der Waals surface area (Å²) in [6.07, 6.45) is 4.44. The lowest BCUT2D eigenvalue weighted by molar-refractivity contribution is 0.662. The molecule has 6 nitrogen and oxygen atoms in total. The Balaban J connectivity index is 2.25. The van der Waals surface area contributed by atoms with Gasteiger partial charge in [-0.15, -0.1) is 0 Å². The Morgan fingerprint density at radius 2 is 2.05 bits per heavy atom. The van der Waals surface area contributed by atoms with Crippen molar-refractivity contribution in [2.45, 2.75) is 26.8 Å². The Bertz CT molecular complexity index is 591. The minimum atomic E-state index is -0.192. The molecule has 0 fully saturated rings. The summed E-state index contributed by atoms with van der Waals surface area (Å²) in [5.41, 5.74) is 1.46. The second-order valence-electron chi connectivity index (χ2n) is 4.35. The number of nitrogens with one attached hydrogen (secondary N) is 2. The van der Waals surface area contributed by atoms with E-state index in [0.29, 0.717) is 23.9 Å². The van der Waals surface area contributed by atoms with Crippen molar-refractivity contribution in [1.82, 2.24) is 25.3 Å². The summed E-state index contributed by atoms with van der Waals surface area (Å²) in [5, 5.41) is 3.21. The van der Waals surface area contributed by atoms with E-state index in [1.54, 1.807) is 12.4 Å². The molecule has 2 aromatic rings. The highest BCUT2D eigenvalue weighted by atomic mass is 16.1. The summed E-state index contributed by atoms with van der Waals surface area (Å²) in [6.45, 7) is 5.45. The number of hydrogen-bond acceptors (Lipinski definition) is 5. The minimum Gasteiger partial charge on any atom is -0.311 e. The van der Waals surface area contributed by atoms with E-state index in [4.69, 9.17) is 0 Å². The molecule has 0 bridgehead atoms. The molecule has 6 heteroatoms. The van der Waals surface area contributed by atoms with E-state index in [1.165, 1.54) is 6.07 Å². The van der Waals surface area contributed by atoms with Gasteiger partial charge in [-0.25, -0.2) is 15.0 Å². The normalized spacial score (nSPS) is 10.6. The molecule has 0 atom stereocenters. The van der Waals surface area contributed by atoms with Crippen LogP contribution in [-0.4, -0.2) is 26.5 Å². The zero-order chi connectivity index (χ0) is 13.7. The lowest BCUT2D eigenvalue weighted by atomic mass is 10.3. The van der Waals surface area contributed by atoms with Gasteiger partial charge in [0.1, 0.15) is 0 Å². The molecule has 0 aliphatic rings. The molecule has 0 radical (unpaired) electrons. The molecule has 2 N–H and O–H groups in total. The van der Waals surface area contributed by atoms with E-state index in [2.05, 4.69) is 32.2 Å². The van der Waals surface area contributed by atoms with Gasteiger partial charge in [-0.2, -0.15) is 0 Å². The van der Waals surface area contributed by atoms with Crippen LogP contribution >= 0.6 is 0 Å². The molecule has 0 amide bonds. The zero-order valence-corrected chi connectivity index (χ0v) is 11.1. The molecule has 2 heterocycles. The smallest absolute Gasteiger partial charge is 0.251 e. The van der Waals surface area contributed by atoms with Crippen LogP contribution in [0.4, 0.5) is 0 Å². The van der Waals surface area contributed by atoms with Crippen LogP contribution in [0.5, 0.6) is 0 Å². The van der Waals surface area contributed by atoms with Crippen LogP contribution in [0.15, 0.2) is 23.3 Å². The van der Waals surface area contributed by atoms with Gasteiger partial charge in [-0.1, -0.05) is 6.92 Å². The molecular formula is C13H17N5O. The van der Waals surface area contributed by atoms with Crippen molar-refractivity contribution in [2.24, 2.45) is 0 Å². The van der Waals surface area contributed by atoms with Crippen molar-refractivity contribution in [2.75, 3.05) is 6.54 Å². The van der Waals surface area contributed by atoms with Crippen LogP contribution in [0.3, 0.4) is 0 Å². The van der Waals surface area contributed by atoms with Gasteiger partial charge in [0, 0.05) is 25.0 Å². The van der Waals surface area contributed by atoms with Crippen LogP contribution < -0.4 is 10.9 Å². The number of aromatic amines is 1. The molecule has 100 valence electrons. The first-order valence-electron chi connectivity index (χ1n) is 6.29. The van der Waals surface area contributed by atoms with E-state index in [-0.39, 0.29) is 5.56 Å². The van der Waals surface area contributed by atoms with Crippen LogP contribution in [0.1, 0.15) is 24.6 Å². The molecule has 0 aliphatic carbocycles. The number of nitrogens with zero attached hydrogens (tertiary/aromatic N) is 3. The van der Waals surface area contributed by atoms with Crippen LogP contribution in [0, 0.1) is 6.92 Å². The maximum Gasteiger partial charge on any atom is 0.251 e. The average molecular weight is 259 g/mol. The van der Waals surface area contributed by atoms with Gasteiger partial charge >= 0.3 is 0 Å². The summed E-state index contributed by atoms with van der Waals surface area (Å²) in [4.78, 5) is 26.9. The fourth-order valence-electron chi connectivity index (χ4n) is 1.61. The predicted molar refractivity (Wildman–Crippen MR) is 72.6 cm³/mol. The number of rotatable bonds is 5. The van der Waals surface area contributed by atoms with E-state index >= 15 is 0 Å². The lowest BCUT2D eigenvalue weighted by Gasteiger charge is -2.04. The van der Waals surface area contributed by atoms with Crippen molar-refractivity contribution in [1.29, 1.82) is 0 Å². The summed E-state index contributed by atoms with van der Waals surface area (Å²) in [6, 6.07) is 1.49. The topological polar surface area (TPSA) is 83.6 Å². The number of hydrogen-bond donors (Lipinski definition) is 2. The van der Waals surface area contributed by atoms with Gasteiger partial charge in [0.2, 0.25) is 0 Å². The molecule has 0 aliphatic heterocycles. The molecular weight excluding hydrogens is 242 g/mol. The maximum atomic E-state index is 11.6. The van der Waals surface area contributed by atoms with Crippen LogP contribution in [-0.2, 0) is 6.54 Å². The van der Waals surface area contributed by atoms with Gasteiger partial charge in [0.05, 0.1) is 5.69 Å². The van der Waals surface area contributed by atoms with Gasteiger partial charge in [-0.3, -0.25) is 4.79 Å². The van der Waals surface area contributed by atoms with E-state index in [9.17, 15) is 4.79 Å². The molecule has 0 spiro atoms. The second kappa shape index (κ2) is 6.19. The highest BCUT2D eigenvalue weighted by Crippen LogP contribution is 2.07. The SMILES string of the molecule is CCCNCc1cc(=O)[nH]c(-c2ncc(C)cn2)n1. The zero-order valence-electron chi connectivity index (χ0n) is 11.1. The molecule has 0 saturated carbocycles. The molecule has 0 saturated heterocycles. The first kappa shape index (κ1) is 13.4. The van der Waals surface area contributed by atoms with Gasteiger partial charge < -0.3 is 10.3 Å². The molecule has 2 rings (SSSR count). The fraction of sp³-hybridized carbons (Fsp3) is 0.385. The lowest BCUT2D eigenvalue weighted by Crippen LogP contribution is -2.18. The minimum absolute atomic E-state index is 0.192. The van der Waals surface area contributed by atoms with E-state index < -0.39 is 0 Å². The van der Waals surface area contributed by atoms with Crippen LogP contribution in [0.2, 0.25) is 0 Å². The van der Waals surface area contributed by atoms with Crippen molar-refractivity contribution in [3.63, 3.8) is 0 Å². The monoisotopic (exact) mass is 259 g/mol. The quantitative estimate of drug-likeness (QED) is 0.784. The molecule has 19 heavy (non-hydrogen) atoms. The Hall–Kier alpha value is -2.08. The van der Waals surface area contributed by atoms with Crippen molar-refractivity contribution < 1.29 is 0 Å². The second-order valence-corrected chi connectivity index (χ2v) is 4.35. The van der Waals surface area contributed by atoms with Crippen molar-refractivity contribution >= 4 is 0 Å². The van der Waals surface area contributed by atoms with E-state index in [1.807, 2.05) is 6.92 Å². The maximum absolute atomic E-state index is 11.6. The summed E-state index contributed by atoms with van der Waals surface area (Å²) in [7, 11) is 0. The summed E-state index contributed by atoms with van der Waals surface area (Å²) < 4.78 is 0. The Kier molecular flexibility index (Phi) is 4.35.